The molecule has 0 aliphatic rings. The molecule has 0 saturated heterocycles. The Morgan fingerprint density at radius 2 is 1.91 bits per heavy atom. The second kappa shape index (κ2) is 5.88. The summed E-state index contributed by atoms with van der Waals surface area (Å²) in [6, 6.07) is 12.7. The molecule has 23 heavy (non-hydrogen) atoms. The van der Waals surface area contributed by atoms with Crippen LogP contribution < -0.4 is 5.32 Å². The Morgan fingerprint density at radius 1 is 1.17 bits per heavy atom. The van der Waals surface area contributed by atoms with Crippen LogP contribution in [0.3, 0.4) is 0 Å². The molecule has 1 amide bonds. The van der Waals surface area contributed by atoms with Gasteiger partial charge in [0, 0.05) is 17.4 Å². The average Bonchev–Trinajstić information content (AvgIpc) is 2.83. The summed E-state index contributed by atoms with van der Waals surface area (Å²) < 4.78 is 16.0. The molecule has 0 aliphatic carbocycles. The molecule has 0 unspecified atom stereocenters. The van der Waals surface area contributed by atoms with Gasteiger partial charge in [0.2, 0.25) is 0 Å². The van der Waals surface area contributed by atoms with Crippen molar-refractivity contribution >= 4 is 22.5 Å². The number of fused-ring (bicyclic) bond motifs is 1. The number of anilines is 1. The first kappa shape index (κ1) is 15.3. The molecular formula is C19H19FN2O. The maximum atomic E-state index is 14.0. The van der Waals surface area contributed by atoms with Crippen LogP contribution in [0.4, 0.5) is 10.1 Å². The van der Waals surface area contributed by atoms with Gasteiger partial charge in [-0.05, 0) is 50.1 Å². The number of carbonyl (C=O) groups is 1. The van der Waals surface area contributed by atoms with E-state index >= 15 is 0 Å². The van der Waals surface area contributed by atoms with Gasteiger partial charge in [0.25, 0.3) is 5.91 Å². The Labute approximate surface area is 134 Å². The molecule has 0 bridgehead atoms. The highest BCUT2D eigenvalue weighted by molar-refractivity contribution is 6.08. The molecule has 0 saturated carbocycles. The minimum atomic E-state index is -0.421. The zero-order chi connectivity index (χ0) is 16.6. The number of benzene rings is 2. The van der Waals surface area contributed by atoms with E-state index in [1.807, 2.05) is 49.6 Å². The number of halogens is 1. The van der Waals surface area contributed by atoms with Gasteiger partial charge in [-0.15, -0.1) is 0 Å². The van der Waals surface area contributed by atoms with E-state index in [9.17, 15) is 9.18 Å². The van der Waals surface area contributed by atoms with Crippen LogP contribution in [0, 0.1) is 19.7 Å². The van der Waals surface area contributed by atoms with Crippen molar-refractivity contribution in [3.05, 3.63) is 65.1 Å². The lowest BCUT2D eigenvalue weighted by molar-refractivity contribution is 0.101. The van der Waals surface area contributed by atoms with Crippen LogP contribution in [-0.4, -0.2) is 10.5 Å². The van der Waals surface area contributed by atoms with Gasteiger partial charge in [-0.3, -0.25) is 4.79 Å². The minimum Gasteiger partial charge on any atom is -0.337 e. The predicted molar refractivity (Wildman–Crippen MR) is 91.4 cm³/mol. The van der Waals surface area contributed by atoms with Gasteiger partial charge < -0.3 is 9.88 Å². The molecule has 3 nitrogen and oxygen atoms in total. The number of hydrogen-bond donors (Lipinski definition) is 1. The maximum Gasteiger partial charge on any atom is 0.272 e. The predicted octanol–water partition coefficient (Wildman–Crippen LogP) is 4.67. The monoisotopic (exact) mass is 310 g/mol. The number of aryl methyl sites for hydroxylation is 3. The number of carbonyl (C=O) groups excluding carboxylic acids is 1. The van der Waals surface area contributed by atoms with Gasteiger partial charge in [0.1, 0.15) is 11.5 Å². The fourth-order valence-electron chi connectivity index (χ4n) is 3.00. The zero-order valence-corrected chi connectivity index (χ0v) is 13.5. The van der Waals surface area contributed by atoms with Crippen molar-refractivity contribution in [2.24, 2.45) is 0 Å². The van der Waals surface area contributed by atoms with Crippen LogP contribution >= 0.6 is 0 Å². The Kier molecular flexibility index (Phi) is 3.90. The molecule has 118 valence electrons. The van der Waals surface area contributed by atoms with E-state index in [1.165, 1.54) is 6.07 Å². The highest BCUT2D eigenvalue weighted by Crippen LogP contribution is 2.26. The number of hydrogen-bond acceptors (Lipinski definition) is 1. The van der Waals surface area contributed by atoms with E-state index in [-0.39, 0.29) is 11.6 Å². The van der Waals surface area contributed by atoms with E-state index in [4.69, 9.17) is 0 Å². The van der Waals surface area contributed by atoms with E-state index in [0.29, 0.717) is 12.2 Å². The molecular weight excluding hydrogens is 291 g/mol. The summed E-state index contributed by atoms with van der Waals surface area (Å²) in [7, 11) is 0. The SMILES string of the molecule is CCn1c(C(=O)Nc2ccc(C)cc2F)c(C)c2ccccc21. The summed E-state index contributed by atoms with van der Waals surface area (Å²) in [5.74, 6) is -0.710. The van der Waals surface area contributed by atoms with Crippen molar-refractivity contribution in [2.45, 2.75) is 27.3 Å². The summed E-state index contributed by atoms with van der Waals surface area (Å²) >= 11 is 0. The van der Waals surface area contributed by atoms with Crippen LogP contribution in [0.5, 0.6) is 0 Å². The topological polar surface area (TPSA) is 34.0 Å². The molecule has 2 aromatic carbocycles. The zero-order valence-electron chi connectivity index (χ0n) is 13.5. The molecule has 3 rings (SSSR count). The molecule has 1 N–H and O–H groups in total. The third-order valence-corrected chi connectivity index (χ3v) is 4.13. The van der Waals surface area contributed by atoms with E-state index < -0.39 is 5.82 Å². The van der Waals surface area contributed by atoms with Gasteiger partial charge in [-0.25, -0.2) is 4.39 Å². The number of nitrogens with zero attached hydrogens (tertiary/aromatic N) is 1. The number of amides is 1. The third-order valence-electron chi connectivity index (χ3n) is 4.13. The number of aromatic nitrogens is 1. The first-order valence-electron chi connectivity index (χ1n) is 7.68. The quantitative estimate of drug-likeness (QED) is 0.749. The smallest absolute Gasteiger partial charge is 0.272 e. The van der Waals surface area contributed by atoms with Crippen LogP contribution in [0.15, 0.2) is 42.5 Å². The first-order valence-corrected chi connectivity index (χ1v) is 7.68. The summed E-state index contributed by atoms with van der Waals surface area (Å²) in [4.78, 5) is 12.7. The van der Waals surface area contributed by atoms with Gasteiger partial charge >= 0.3 is 0 Å². The van der Waals surface area contributed by atoms with Crippen LogP contribution in [-0.2, 0) is 6.54 Å². The fourth-order valence-corrected chi connectivity index (χ4v) is 3.00. The van der Waals surface area contributed by atoms with Crippen molar-refractivity contribution in [1.82, 2.24) is 4.57 Å². The van der Waals surface area contributed by atoms with Gasteiger partial charge in [-0.2, -0.15) is 0 Å². The summed E-state index contributed by atoms with van der Waals surface area (Å²) in [6.07, 6.45) is 0. The van der Waals surface area contributed by atoms with Crippen LogP contribution in [0.1, 0.15) is 28.5 Å². The first-order chi connectivity index (χ1) is 11.0. The second-order valence-corrected chi connectivity index (χ2v) is 5.67. The number of para-hydroxylation sites is 1. The van der Waals surface area contributed by atoms with Crippen molar-refractivity contribution in [3.8, 4) is 0 Å². The molecule has 0 radical (unpaired) electrons. The molecule has 0 atom stereocenters. The molecule has 4 heteroatoms. The molecule has 3 aromatic rings. The van der Waals surface area contributed by atoms with Crippen LogP contribution in [0.25, 0.3) is 10.9 Å². The standard InChI is InChI=1S/C19H19FN2O/c1-4-22-17-8-6-5-7-14(17)13(3)18(22)19(23)21-16-10-9-12(2)11-15(16)20/h5-11H,4H2,1-3H3,(H,21,23). The van der Waals surface area contributed by atoms with E-state index in [2.05, 4.69) is 5.32 Å². The van der Waals surface area contributed by atoms with E-state index in [0.717, 1.165) is 22.0 Å². The number of rotatable bonds is 3. The highest BCUT2D eigenvalue weighted by Gasteiger charge is 2.20. The minimum absolute atomic E-state index is 0.202. The summed E-state index contributed by atoms with van der Waals surface area (Å²) in [5, 5.41) is 3.74. The third kappa shape index (κ3) is 2.61. The van der Waals surface area contributed by atoms with Crippen LogP contribution in [0.2, 0.25) is 0 Å². The van der Waals surface area contributed by atoms with Gasteiger partial charge in [-0.1, -0.05) is 24.3 Å². The lowest BCUT2D eigenvalue weighted by Crippen LogP contribution is -2.18. The summed E-state index contributed by atoms with van der Waals surface area (Å²) in [6.45, 7) is 6.41. The number of nitrogens with one attached hydrogen (secondary N) is 1. The molecule has 0 fully saturated rings. The fraction of sp³-hybridized carbons (Fsp3) is 0.211. The molecule has 0 spiro atoms. The van der Waals surface area contributed by atoms with E-state index in [1.54, 1.807) is 12.1 Å². The lowest BCUT2D eigenvalue weighted by Gasteiger charge is -2.11. The Hall–Kier alpha value is -2.62. The summed E-state index contributed by atoms with van der Waals surface area (Å²) in [5.41, 5.74) is 3.52. The second-order valence-electron chi connectivity index (χ2n) is 5.67. The molecule has 1 aromatic heterocycles. The average molecular weight is 310 g/mol. The van der Waals surface area contributed by atoms with Crippen molar-refractivity contribution in [3.63, 3.8) is 0 Å². The maximum absolute atomic E-state index is 14.0. The van der Waals surface area contributed by atoms with Gasteiger partial charge in [0.05, 0.1) is 5.69 Å². The van der Waals surface area contributed by atoms with Crippen molar-refractivity contribution in [2.75, 3.05) is 5.32 Å². The highest BCUT2D eigenvalue weighted by atomic mass is 19.1. The van der Waals surface area contributed by atoms with Crippen molar-refractivity contribution < 1.29 is 9.18 Å². The lowest BCUT2D eigenvalue weighted by atomic mass is 10.1. The molecule has 0 aliphatic heterocycles. The Balaban J connectivity index is 2.05. The van der Waals surface area contributed by atoms with Crippen molar-refractivity contribution in [1.29, 1.82) is 0 Å². The normalized spacial score (nSPS) is 11.0. The van der Waals surface area contributed by atoms with Gasteiger partial charge in [0.15, 0.2) is 0 Å². The Morgan fingerprint density at radius 3 is 2.61 bits per heavy atom. The molecule has 1 heterocycles. The largest absolute Gasteiger partial charge is 0.337 e. The Bertz CT molecular complexity index is 896.